The molecule has 3 nitrogen and oxygen atoms in total. The van der Waals surface area contributed by atoms with Gasteiger partial charge in [-0.05, 0) is 18.6 Å². The predicted molar refractivity (Wildman–Crippen MR) is 76.1 cm³/mol. The molecule has 5 heteroatoms. The molecule has 0 radical (unpaired) electrons. The molecule has 0 aliphatic carbocycles. The van der Waals surface area contributed by atoms with Crippen molar-refractivity contribution in [2.75, 3.05) is 13.2 Å². The lowest BCUT2D eigenvalue weighted by Gasteiger charge is -2.26. The minimum Gasteiger partial charge on any atom is -0.381 e. The van der Waals surface area contributed by atoms with E-state index in [1.165, 1.54) is 0 Å². The Morgan fingerprint density at radius 3 is 2.83 bits per heavy atom. The number of alkyl halides is 2. The van der Waals surface area contributed by atoms with Gasteiger partial charge in [0.25, 0.3) is 0 Å². The van der Waals surface area contributed by atoms with Crippen molar-refractivity contribution in [1.29, 1.82) is 0 Å². The smallest absolute Gasteiger partial charge is 0.110 e. The summed E-state index contributed by atoms with van der Waals surface area (Å²) < 4.78 is 5.51. The molecule has 0 fully saturated rings. The number of halogens is 2. The van der Waals surface area contributed by atoms with E-state index in [0.29, 0.717) is 19.6 Å². The second-order valence-corrected chi connectivity index (χ2v) is 5.47. The van der Waals surface area contributed by atoms with Gasteiger partial charge in [0.15, 0.2) is 0 Å². The molecule has 2 atom stereocenters. The standard InChI is InChI=1S/C13H20Cl2N2O/c1-2-12(14)13(15,16)7-10-18-9-6-11-5-3-4-8-17-11/h3-5,8,12H,2,6-7,9-10,16H2,1H3. The van der Waals surface area contributed by atoms with Crippen molar-refractivity contribution in [3.05, 3.63) is 30.1 Å². The highest BCUT2D eigenvalue weighted by atomic mass is 35.5. The van der Waals surface area contributed by atoms with Gasteiger partial charge in [0, 0.05) is 31.3 Å². The fraction of sp³-hybridized carbons (Fsp3) is 0.615. The maximum atomic E-state index is 6.14. The molecule has 0 spiro atoms. The van der Waals surface area contributed by atoms with E-state index >= 15 is 0 Å². The van der Waals surface area contributed by atoms with Crippen molar-refractivity contribution >= 4 is 23.2 Å². The molecular formula is C13H20Cl2N2O. The van der Waals surface area contributed by atoms with Crippen molar-refractivity contribution in [2.24, 2.45) is 5.73 Å². The Morgan fingerprint density at radius 2 is 2.22 bits per heavy atom. The van der Waals surface area contributed by atoms with E-state index in [1.54, 1.807) is 6.20 Å². The van der Waals surface area contributed by atoms with E-state index in [9.17, 15) is 0 Å². The lowest BCUT2D eigenvalue weighted by Crippen LogP contribution is -2.43. The van der Waals surface area contributed by atoms with Crippen LogP contribution in [0.5, 0.6) is 0 Å². The fourth-order valence-corrected chi connectivity index (χ4v) is 1.89. The number of hydrogen-bond donors (Lipinski definition) is 1. The molecule has 0 bridgehead atoms. The van der Waals surface area contributed by atoms with Crippen LogP contribution in [0.2, 0.25) is 0 Å². The quantitative estimate of drug-likeness (QED) is 0.455. The first-order valence-electron chi connectivity index (χ1n) is 6.15. The Bertz CT molecular complexity index is 333. The van der Waals surface area contributed by atoms with Crippen LogP contribution in [-0.2, 0) is 11.2 Å². The van der Waals surface area contributed by atoms with E-state index in [-0.39, 0.29) is 5.38 Å². The zero-order valence-electron chi connectivity index (χ0n) is 10.6. The zero-order chi connectivity index (χ0) is 13.4. The van der Waals surface area contributed by atoms with Crippen LogP contribution in [0.3, 0.4) is 0 Å². The molecule has 0 aliphatic rings. The van der Waals surface area contributed by atoms with Crippen LogP contribution in [0.1, 0.15) is 25.5 Å². The first kappa shape index (κ1) is 15.7. The molecule has 1 heterocycles. The maximum absolute atomic E-state index is 6.14. The van der Waals surface area contributed by atoms with E-state index in [2.05, 4.69) is 4.98 Å². The lowest BCUT2D eigenvalue weighted by atomic mass is 10.1. The Morgan fingerprint density at radius 1 is 1.44 bits per heavy atom. The van der Waals surface area contributed by atoms with Gasteiger partial charge in [0.05, 0.1) is 12.0 Å². The largest absolute Gasteiger partial charge is 0.381 e. The number of nitrogens with zero attached hydrogens (tertiary/aromatic N) is 1. The van der Waals surface area contributed by atoms with Gasteiger partial charge in [-0.25, -0.2) is 0 Å². The monoisotopic (exact) mass is 290 g/mol. The second-order valence-electron chi connectivity index (χ2n) is 4.24. The van der Waals surface area contributed by atoms with Crippen LogP contribution < -0.4 is 5.73 Å². The summed E-state index contributed by atoms with van der Waals surface area (Å²) in [6, 6.07) is 5.83. The SMILES string of the molecule is CCC(Cl)C(N)(Cl)CCOCCc1ccccn1. The Kier molecular flexibility index (Phi) is 6.94. The summed E-state index contributed by atoms with van der Waals surface area (Å²) in [6.45, 7) is 3.09. The van der Waals surface area contributed by atoms with Crippen molar-refractivity contribution in [2.45, 2.75) is 36.6 Å². The lowest BCUT2D eigenvalue weighted by molar-refractivity contribution is 0.125. The van der Waals surface area contributed by atoms with Crippen LogP contribution in [0.15, 0.2) is 24.4 Å². The van der Waals surface area contributed by atoms with Crippen molar-refractivity contribution in [3.63, 3.8) is 0 Å². The molecule has 0 aromatic carbocycles. The van der Waals surface area contributed by atoms with Gasteiger partial charge < -0.3 is 10.5 Å². The van der Waals surface area contributed by atoms with Crippen LogP contribution in [0.4, 0.5) is 0 Å². The van der Waals surface area contributed by atoms with E-state index in [1.807, 2.05) is 25.1 Å². The van der Waals surface area contributed by atoms with E-state index < -0.39 is 5.00 Å². The summed E-state index contributed by atoms with van der Waals surface area (Å²) in [5.74, 6) is 0. The predicted octanol–water partition coefficient (Wildman–Crippen LogP) is 2.94. The minimum atomic E-state index is -0.888. The van der Waals surface area contributed by atoms with Gasteiger partial charge in [-0.3, -0.25) is 4.98 Å². The molecule has 0 saturated heterocycles. The topological polar surface area (TPSA) is 48.1 Å². The third-order valence-electron chi connectivity index (χ3n) is 2.74. The third kappa shape index (κ3) is 5.53. The number of pyridine rings is 1. The molecule has 1 aromatic rings. The Hall–Kier alpha value is -0.350. The van der Waals surface area contributed by atoms with Gasteiger partial charge in [-0.2, -0.15) is 0 Å². The second kappa shape index (κ2) is 7.95. The average Bonchev–Trinajstić information content (AvgIpc) is 2.38. The van der Waals surface area contributed by atoms with Gasteiger partial charge in [0.1, 0.15) is 5.00 Å². The highest BCUT2D eigenvalue weighted by Gasteiger charge is 2.29. The third-order valence-corrected chi connectivity index (χ3v) is 4.00. The molecule has 2 N–H and O–H groups in total. The highest BCUT2D eigenvalue weighted by molar-refractivity contribution is 6.32. The normalized spacial score (nSPS) is 16.2. The summed E-state index contributed by atoms with van der Waals surface area (Å²) in [5, 5.41) is -0.237. The summed E-state index contributed by atoms with van der Waals surface area (Å²) >= 11 is 12.2. The number of hydrogen-bond acceptors (Lipinski definition) is 3. The average molecular weight is 291 g/mol. The van der Waals surface area contributed by atoms with Crippen LogP contribution >= 0.6 is 23.2 Å². The van der Waals surface area contributed by atoms with Crippen molar-refractivity contribution in [1.82, 2.24) is 4.98 Å². The van der Waals surface area contributed by atoms with Crippen LogP contribution in [-0.4, -0.2) is 28.6 Å². The van der Waals surface area contributed by atoms with Gasteiger partial charge in [-0.1, -0.05) is 13.0 Å². The van der Waals surface area contributed by atoms with Gasteiger partial charge >= 0.3 is 0 Å². The summed E-state index contributed by atoms with van der Waals surface area (Å²) in [6.07, 6.45) is 3.85. The summed E-state index contributed by atoms with van der Waals surface area (Å²) in [4.78, 5) is 3.33. The van der Waals surface area contributed by atoms with Crippen LogP contribution in [0.25, 0.3) is 0 Å². The zero-order valence-corrected chi connectivity index (χ0v) is 12.1. The molecular weight excluding hydrogens is 271 g/mol. The minimum absolute atomic E-state index is 0.237. The molecule has 1 rings (SSSR count). The first-order valence-corrected chi connectivity index (χ1v) is 6.97. The molecule has 0 aliphatic heterocycles. The number of rotatable bonds is 8. The van der Waals surface area contributed by atoms with E-state index in [0.717, 1.165) is 18.5 Å². The number of nitrogens with two attached hydrogens (primary N) is 1. The number of ether oxygens (including phenoxy) is 1. The molecule has 18 heavy (non-hydrogen) atoms. The van der Waals surface area contributed by atoms with Crippen LogP contribution in [0, 0.1) is 0 Å². The fourth-order valence-electron chi connectivity index (χ4n) is 1.55. The number of aromatic nitrogens is 1. The van der Waals surface area contributed by atoms with E-state index in [4.69, 9.17) is 33.7 Å². The Labute approximate surface area is 119 Å². The van der Waals surface area contributed by atoms with Crippen molar-refractivity contribution < 1.29 is 4.74 Å². The molecule has 0 amide bonds. The summed E-state index contributed by atoms with van der Waals surface area (Å²) in [7, 11) is 0. The maximum Gasteiger partial charge on any atom is 0.110 e. The van der Waals surface area contributed by atoms with Crippen molar-refractivity contribution in [3.8, 4) is 0 Å². The molecule has 2 unspecified atom stereocenters. The van der Waals surface area contributed by atoms with Gasteiger partial charge in [-0.15, -0.1) is 23.2 Å². The highest BCUT2D eigenvalue weighted by Crippen LogP contribution is 2.24. The molecule has 102 valence electrons. The molecule has 1 aromatic heterocycles. The molecule has 0 saturated carbocycles. The van der Waals surface area contributed by atoms with Gasteiger partial charge in [0.2, 0.25) is 0 Å². The summed E-state index contributed by atoms with van der Waals surface area (Å²) in [5.41, 5.74) is 6.92. The first-order chi connectivity index (χ1) is 8.56. The Balaban J connectivity index is 2.16.